The molecule has 0 atom stereocenters. The van der Waals surface area contributed by atoms with E-state index in [0.717, 1.165) is 36.2 Å². The Bertz CT molecular complexity index is 613. The van der Waals surface area contributed by atoms with Crippen LogP contribution in [-0.2, 0) is 0 Å². The number of nitrogens with zero attached hydrogens (tertiary/aromatic N) is 3. The third-order valence-corrected chi connectivity index (χ3v) is 4.08. The number of rotatable bonds is 3. The fourth-order valence-electron chi connectivity index (χ4n) is 2.86. The molecule has 4 nitrogen and oxygen atoms in total. The molecule has 2 aromatic rings. The monoisotopic (exact) mass is 296 g/mol. The minimum absolute atomic E-state index is 0.816. The van der Waals surface area contributed by atoms with E-state index in [1.807, 2.05) is 6.92 Å². The van der Waals surface area contributed by atoms with E-state index < -0.39 is 0 Å². The van der Waals surface area contributed by atoms with E-state index in [1.54, 1.807) is 0 Å². The lowest BCUT2D eigenvalue weighted by Crippen LogP contribution is -2.25. The first kappa shape index (κ1) is 14.8. The van der Waals surface area contributed by atoms with Crippen LogP contribution in [0, 0.1) is 13.8 Å². The predicted molar refractivity (Wildman–Crippen MR) is 91.9 cm³/mol. The number of hydrogen-bond donors (Lipinski definition) is 1. The van der Waals surface area contributed by atoms with Crippen molar-refractivity contribution < 1.29 is 0 Å². The molecular weight excluding hydrogens is 272 g/mol. The fraction of sp³-hybridized carbons (Fsp3) is 0.444. The number of hydrogen-bond acceptors (Lipinski definition) is 4. The largest absolute Gasteiger partial charge is 0.356 e. The minimum Gasteiger partial charge on any atom is -0.356 e. The van der Waals surface area contributed by atoms with E-state index in [1.165, 1.54) is 31.2 Å². The Morgan fingerprint density at radius 2 is 1.59 bits per heavy atom. The summed E-state index contributed by atoms with van der Waals surface area (Å²) in [5.74, 6) is 2.73. The van der Waals surface area contributed by atoms with Gasteiger partial charge in [0.25, 0.3) is 0 Å². The lowest BCUT2D eigenvalue weighted by molar-refractivity contribution is 0.726. The summed E-state index contributed by atoms with van der Waals surface area (Å²) in [5.41, 5.74) is 2.32. The summed E-state index contributed by atoms with van der Waals surface area (Å²) in [4.78, 5) is 11.5. The molecule has 4 heteroatoms. The van der Waals surface area contributed by atoms with Crippen LogP contribution < -0.4 is 10.2 Å². The van der Waals surface area contributed by atoms with Gasteiger partial charge in [0.2, 0.25) is 0 Å². The summed E-state index contributed by atoms with van der Waals surface area (Å²) in [6.45, 7) is 6.25. The normalized spacial score (nSPS) is 15.5. The lowest BCUT2D eigenvalue weighted by atomic mass is 10.2. The SMILES string of the molecule is Cc1ccc(Nc2cc(N3CCCCCC3)nc(C)n2)cc1. The molecule has 0 saturated carbocycles. The molecule has 1 fully saturated rings. The van der Waals surface area contributed by atoms with Gasteiger partial charge in [-0.1, -0.05) is 30.5 Å². The zero-order valence-electron chi connectivity index (χ0n) is 13.5. The van der Waals surface area contributed by atoms with Crippen LogP contribution in [0.15, 0.2) is 30.3 Å². The molecule has 0 aliphatic carbocycles. The molecular formula is C18H24N4. The predicted octanol–water partition coefficient (Wildman–Crippen LogP) is 4.22. The van der Waals surface area contributed by atoms with Crippen LogP contribution in [0.4, 0.5) is 17.3 Å². The molecule has 0 radical (unpaired) electrons. The molecule has 2 heterocycles. The van der Waals surface area contributed by atoms with Crippen LogP contribution in [0.5, 0.6) is 0 Å². The van der Waals surface area contributed by atoms with E-state index in [0.29, 0.717) is 0 Å². The maximum absolute atomic E-state index is 4.63. The van der Waals surface area contributed by atoms with Crippen molar-refractivity contribution in [3.8, 4) is 0 Å². The zero-order chi connectivity index (χ0) is 15.4. The quantitative estimate of drug-likeness (QED) is 0.921. The first-order valence-electron chi connectivity index (χ1n) is 8.15. The van der Waals surface area contributed by atoms with Crippen molar-refractivity contribution in [3.05, 3.63) is 41.7 Å². The second-order valence-corrected chi connectivity index (χ2v) is 6.05. The number of aromatic nitrogens is 2. The van der Waals surface area contributed by atoms with Crippen LogP contribution in [-0.4, -0.2) is 23.1 Å². The van der Waals surface area contributed by atoms with Gasteiger partial charge in [-0.05, 0) is 38.8 Å². The molecule has 22 heavy (non-hydrogen) atoms. The molecule has 1 aromatic carbocycles. The molecule has 116 valence electrons. The van der Waals surface area contributed by atoms with Gasteiger partial charge in [0.15, 0.2) is 0 Å². The van der Waals surface area contributed by atoms with E-state index in [4.69, 9.17) is 0 Å². The van der Waals surface area contributed by atoms with Crippen molar-refractivity contribution in [1.29, 1.82) is 0 Å². The average molecular weight is 296 g/mol. The highest BCUT2D eigenvalue weighted by molar-refractivity contribution is 5.60. The molecule has 1 saturated heterocycles. The van der Waals surface area contributed by atoms with Gasteiger partial charge in [0.1, 0.15) is 17.5 Å². The molecule has 1 aliphatic rings. The Kier molecular flexibility index (Phi) is 4.56. The first-order valence-corrected chi connectivity index (χ1v) is 8.15. The standard InChI is InChI=1S/C18H24N4/c1-14-7-9-16(10-8-14)21-17-13-18(20-15(2)19-17)22-11-5-3-4-6-12-22/h7-10,13H,3-6,11-12H2,1-2H3,(H,19,20,21). The molecule has 0 spiro atoms. The highest BCUT2D eigenvalue weighted by Crippen LogP contribution is 2.22. The lowest BCUT2D eigenvalue weighted by Gasteiger charge is -2.22. The van der Waals surface area contributed by atoms with E-state index in [2.05, 4.69) is 57.4 Å². The van der Waals surface area contributed by atoms with Gasteiger partial charge in [0.05, 0.1) is 0 Å². The van der Waals surface area contributed by atoms with Gasteiger partial charge >= 0.3 is 0 Å². The summed E-state index contributed by atoms with van der Waals surface area (Å²) in [5, 5.41) is 3.39. The van der Waals surface area contributed by atoms with Crippen LogP contribution >= 0.6 is 0 Å². The molecule has 3 rings (SSSR count). The maximum atomic E-state index is 4.63. The first-order chi connectivity index (χ1) is 10.7. The van der Waals surface area contributed by atoms with Gasteiger partial charge in [-0.3, -0.25) is 0 Å². The Labute approximate surface area is 132 Å². The van der Waals surface area contributed by atoms with E-state index >= 15 is 0 Å². The van der Waals surface area contributed by atoms with Crippen LogP contribution in [0.1, 0.15) is 37.1 Å². The third kappa shape index (κ3) is 3.75. The van der Waals surface area contributed by atoms with Gasteiger partial charge in [0, 0.05) is 24.8 Å². The zero-order valence-corrected chi connectivity index (χ0v) is 13.5. The maximum Gasteiger partial charge on any atom is 0.136 e. The Hall–Kier alpha value is -2.10. The summed E-state index contributed by atoms with van der Waals surface area (Å²) in [6.07, 6.45) is 5.16. The molecule has 0 amide bonds. The second-order valence-electron chi connectivity index (χ2n) is 6.05. The minimum atomic E-state index is 0.816. The third-order valence-electron chi connectivity index (χ3n) is 4.08. The number of benzene rings is 1. The number of nitrogens with one attached hydrogen (secondary N) is 1. The van der Waals surface area contributed by atoms with Crippen LogP contribution in [0.3, 0.4) is 0 Å². The molecule has 1 aromatic heterocycles. The summed E-state index contributed by atoms with van der Waals surface area (Å²) in [6, 6.07) is 10.4. The number of anilines is 3. The Morgan fingerprint density at radius 3 is 2.27 bits per heavy atom. The van der Waals surface area contributed by atoms with Crippen molar-refractivity contribution in [3.63, 3.8) is 0 Å². The van der Waals surface area contributed by atoms with Crippen molar-refractivity contribution in [2.45, 2.75) is 39.5 Å². The number of aryl methyl sites for hydroxylation is 2. The van der Waals surface area contributed by atoms with Crippen molar-refractivity contribution in [2.75, 3.05) is 23.3 Å². The Morgan fingerprint density at radius 1 is 0.909 bits per heavy atom. The van der Waals surface area contributed by atoms with Crippen molar-refractivity contribution in [1.82, 2.24) is 9.97 Å². The second kappa shape index (κ2) is 6.77. The average Bonchev–Trinajstić information content (AvgIpc) is 2.78. The summed E-state index contributed by atoms with van der Waals surface area (Å²) < 4.78 is 0. The molecule has 1 aliphatic heterocycles. The van der Waals surface area contributed by atoms with Crippen molar-refractivity contribution in [2.24, 2.45) is 0 Å². The fourth-order valence-corrected chi connectivity index (χ4v) is 2.86. The highest BCUT2D eigenvalue weighted by atomic mass is 15.2. The Balaban J connectivity index is 1.81. The topological polar surface area (TPSA) is 41.0 Å². The summed E-state index contributed by atoms with van der Waals surface area (Å²) in [7, 11) is 0. The van der Waals surface area contributed by atoms with Gasteiger partial charge < -0.3 is 10.2 Å². The van der Waals surface area contributed by atoms with Crippen molar-refractivity contribution >= 4 is 17.3 Å². The van der Waals surface area contributed by atoms with Crippen LogP contribution in [0.2, 0.25) is 0 Å². The summed E-state index contributed by atoms with van der Waals surface area (Å²) >= 11 is 0. The van der Waals surface area contributed by atoms with E-state index in [9.17, 15) is 0 Å². The van der Waals surface area contributed by atoms with E-state index in [-0.39, 0.29) is 0 Å². The molecule has 0 unspecified atom stereocenters. The molecule has 0 bridgehead atoms. The van der Waals surface area contributed by atoms with Gasteiger partial charge in [-0.25, -0.2) is 9.97 Å². The highest BCUT2D eigenvalue weighted by Gasteiger charge is 2.13. The molecule has 1 N–H and O–H groups in total. The van der Waals surface area contributed by atoms with Gasteiger partial charge in [-0.15, -0.1) is 0 Å². The van der Waals surface area contributed by atoms with Gasteiger partial charge in [-0.2, -0.15) is 0 Å². The smallest absolute Gasteiger partial charge is 0.136 e. The van der Waals surface area contributed by atoms with Crippen LogP contribution in [0.25, 0.3) is 0 Å².